The molecule has 21 heavy (non-hydrogen) atoms. The normalized spacial score (nSPS) is 13.0. The number of halogens is 2. The summed E-state index contributed by atoms with van der Waals surface area (Å²) in [4.78, 5) is 0. The Morgan fingerprint density at radius 1 is 1.05 bits per heavy atom. The average molecular weight is 350 g/mol. The molecule has 0 aliphatic carbocycles. The Labute approximate surface area is 134 Å². The predicted octanol–water partition coefficient (Wildman–Crippen LogP) is 6.06. The Balaban J connectivity index is 2.17. The quantitative estimate of drug-likeness (QED) is 0.710. The fourth-order valence-electron chi connectivity index (χ4n) is 2.20. The van der Waals surface area contributed by atoms with E-state index in [4.69, 9.17) is 0 Å². The smallest absolute Gasteiger partial charge is 0.125 e. The van der Waals surface area contributed by atoms with Gasteiger partial charge in [-0.3, -0.25) is 0 Å². The van der Waals surface area contributed by atoms with Gasteiger partial charge in [-0.05, 0) is 57.6 Å². The molecule has 112 valence electrons. The highest BCUT2D eigenvalue weighted by atomic mass is 79.9. The van der Waals surface area contributed by atoms with Crippen molar-refractivity contribution in [2.75, 3.05) is 5.32 Å². The fourth-order valence-corrected chi connectivity index (χ4v) is 2.56. The van der Waals surface area contributed by atoms with Crippen molar-refractivity contribution >= 4 is 21.6 Å². The van der Waals surface area contributed by atoms with E-state index in [-0.39, 0.29) is 17.3 Å². The van der Waals surface area contributed by atoms with Gasteiger partial charge in [0.05, 0.1) is 5.69 Å². The van der Waals surface area contributed by atoms with Crippen LogP contribution in [-0.2, 0) is 5.41 Å². The molecule has 0 aliphatic rings. The van der Waals surface area contributed by atoms with Crippen LogP contribution in [0.25, 0.3) is 0 Å². The van der Waals surface area contributed by atoms with Gasteiger partial charge in [-0.1, -0.05) is 45.0 Å². The number of benzene rings is 2. The maximum Gasteiger partial charge on any atom is 0.125 e. The lowest BCUT2D eigenvalue weighted by Gasteiger charge is -2.21. The summed E-state index contributed by atoms with van der Waals surface area (Å²) >= 11 is 3.44. The molecular formula is C18H21BrFN. The third-order valence-electron chi connectivity index (χ3n) is 3.58. The van der Waals surface area contributed by atoms with Crippen LogP contribution in [0.3, 0.4) is 0 Å². The first kappa shape index (κ1) is 16.0. The molecule has 2 aromatic rings. The van der Waals surface area contributed by atoms with E-state index in [1.165, 1.54) is 23.3 Å². The molecule has 0 heterocycles. The number of rotatable bonds is 3. The Morgan fingerprint density at radius 2 is 1.67 bits per heavy atom. The lowest BCUT2D eigenvalue weighted by molar-refractivity contribution is 0.589. The summed E-state index contributed by atoms with van der Waals surface area (Å²) in [5, 5.41) is 3.34. The molecule has 2 rings (SSSR count). The number of nitrogens with one attached hydrogen (secondary N) is 1. The Morgan fingerprint density at radius 3 is 2.24 bits per heavy atom. The highest BCUT2D eigenvalue weighted by Gasteiger charge is 2.14. The minimum absolute atomic E-state index is 0.108. The van der Waals surface area contributed by atoms with Crippen LogP contribution >= 0.6 is 15.9 Å². The van der Waals surface area contributed by atoms with Crippen molar-refractivity contribution in [1.29, 1.82) is 0 Å². The number of hydrogen-bond acceptors (Lipinski definition) is 1. The van der Waals surface area contributed by atoms with E-state index in [1.807, 2.05) is 0 Å². The summed E-state index contributed by atoms with van der Waals surface area (Å²) in [7, 11) is 0. The van der Waals surface area contributed by atoms with Crippen LogP contribution in [0.15, 0.2) is 46.9 Å². The zero-order valence-electron chi connectivity index (χ0n) is 12.9. The molecule has 2 aromatic carbocycles. The molecule has 0 amide bonds. The molecule has 3 heteroatoms. The number of anilines is 1. The first-order valence-corrected chi connectivity index (χ1v) is 7.89. The SMILES string of the molecule is CC(Nc1cc(F)ccc1Br)c1ccc(C(C)(C)C)cc1. The number of hydrogen-bond donors (Lipinski definition) is 1. The van der Waals surface area contributed by atoms with E-state index < -0.39 is 0 Å². The van der Waals surface area contributed by atoms with Crippen molar-refractivity contribution in [3.05, 3.63) is 63.9 Å². The van der Waals surface area contributed by atoms with E-state index in [0.717, 1.165) is 10.2 Å². The second-order valence-corrected chi connectivity index (χ2v) is 7.22. The van der Waals surface area contributed by atoms with Gasteiger partial charge < -0.3 is 5.32 Å². The first-order valence-electron chi connectivity index (χ1n) is 7.09. The molecule has 0 aromatic heterocycles. The van der Waals surface area contributed by atoms with Gasteiger partial charge in [-0.2, -0.15) is 0 Å². The summed E-state index contributed by atoms with van der Waals surface area (Å²) < 4.78 is 14.2. The van der Waals surface area contributed by atoms with Gasteiger partial charge in [0, 0.05) is 10.5 Å². The van der Waals surface area contributed by atoms with Crippen LogP contribution in [0, 0.1) is 5.82 Å². The molecule has 0 bridgehead atoms. The van der Waals surface area contributed by atoms with Gasteiger partial charge in [-0.25, -0.2) is 4.39 Å². The van der Waals surface area contributed by atoms with E-state index in [1.54, 1.807) is 6.07 Å². The minimum atomic E-state index is -0.240. The van der Waals surface area contributed by atoms with Crippen LogP contribution in [-0.4, -0.2) is 0 Å². The van der Waals surface area contributed by atoms with Gasteiger partial charge in [-0.15, -0.1) is 0 Å². The molecule has 1 nitrogen and oxygen atoms in total. The van der Waals surface area contributed by atoms with Crippen molar-refractivity contribution < 1.29 is 4.39 Å². The molecule has 1 N–H and O–H groups in total. The van der Waals surface area contributed by atoms with E-state index >= 15 is 0 Å². The molecule has 0 saturated heterocycles. The molecular weight excluding hydrogens is 329 g/mol. The zero-order chi connectivity index (χ0) is 15.6. The van der Waals surface area contributed by atoms with Gasteiger partial charge in [0.2, 0.25) is 0 Å². The fraction of sp³-hybridized carbons (Fsp3) is 0.333. The third-order valence-corrected chi connectivity index (χ3v) is 4.27. The van der Waals surface area contributed by atoms with Gasteiger partial charge in [0.1, 0.15) is 5.82 Å². The summed E-state index contributed by atoms with van der Waals surface area (Å²) in [5.74, 6) is -0.240. The standard InChI is InChI=1S/C18H21BrFN/c1-12(21-17-11-15(20)9-10-16(17)19)13-5-7-14(8-6-13)18(2,3)4/h5-12,21H,1-4H3. The van der Waals surface area contributed by atoms with Crippen LogP contribution in [0.4, 0.5) is 10.1 Å². The topological polar surface area (TPSA) is 12.0 Å². The van der Waals surface area contributed by atoms with Gasteiger partial charge in [0.15, 0.2) is 0 Å². The second kappa shape index (κ2) is 6.18. The molecule has 0 radical (unpaired) electrons. The van der Waals surface area contributed by atoms with E-state index in [9.17, 15) is 4.39 Å². The average Bonchev–Trinajstić information content (AvgIpc) is 2.42. The van der Waals surface area contributed by atoms with E-state index in [0.29, 0.717) is 0 Å². The Bertz CT molecular complexity index is 614. The maximum atomic E-state index is 13.3. The molecule has 0 aliphatic heterocycles. The van der Waals surface area contributed by atoms with Crippen LogP contribution in [0.5, 0.6) is 0 Å². The predicted molar refractivity (Wildman–Crippen MR) is 91.3 cm³/mol. The van der Waals surface area contributed by atoms with Crippen molar-refractivity contribution in [3.63, 3.8) is 0 Å². The first-order chi connectivity index (χ1) is 9.77. The molecule has 1 atom stereocenters. The Hall–Kier alpha value is -1.35. The van der Waals surface area contributed by atoms with Crippen molar-refractivity contribution in [2.24, 2.45) is 0 Å². The summed E-state index contributed by atoms with van der Waals surface area (Å²) in [6.07, 6.45) is 0. The molecule has 0 saturated carbocycles. The molecule has 0 fully saturated rings. The lowest BCUT2D eigenvalue weighted by Crippen LogP contribution is -2.12. The maximum absolute atomic E-state index is 13.3. The second-order valence-electron chi connectivity index (χ2n) is 6.36. The minimum Gasteiger partial charge on any atom is -0.378 e. The molecule has 1 unspecified atom stereocenters. The lowest BCUT2D eigenvalue weighted by atomic mass is 9.86. The van der Waals surface area contributed by atoms with E-state index in [2.05, 4.69) is 73.2 Å². The zero-order valence-corrected chi connectivity index (χ0v) is 14.5. The largest absolute Gasteiger partial charge is 0.378 e. The van der Waals surface area contributed by atoms with Crippen LogP contribution in [0.2, 0.25) is 0 Å². The third kappa shape index (κ3) is 4.07. The van der Waals surface area contributed by atoms with Crippen LogP contribution < -0.4 is 5.32 Å². The highest BCUT2D eigenvalue weighted by Crippen LogP contribution is 2.28. The summed E-state index contributed by atoms with van der Waals surface area (Å²) in [5.41, 5.74) is 3.41. The highest BCUT2D eigenvalue weighted by molar-refractivity contribution is 9.10. The monoisotopic (exact) mass is 349 g/mol. The van der Waals surface area contributed by atoms with Crippen molar-refractivity contribution in [1.82, 2.24) is 0 Å². The summed E-state index contributed by atoms with van der Waals surface area (Å²) in [6, 6.07) is 13.4. The summed E-state index contributed by atoms with van der Waals surface area (Å²) in [6.45, 7) is 8.68. The Kier molecular flexibility index (Phi) is 4.72. The van der Waals surface area contributed by atoms with Crippen molar-refractivity contribution in [2.45, 2.75) is 39.2 Å². The van der Waals surface area contributed by atoms with Gasteiger partial charge >= 0.3 is 0 Å². The van der Waals surface area contributed by atoms with Gasteiger partial charge in [0.25, 0.3) is 0 Å². The van der Waals surface area contributed by atoms with Crippen LogP contribution in [0.1, 0.15) is 44.9 Å². The van der Waals surface area contributed by atoms with Crippen molar-refractivity contribution in [3.8, 4) is 0 Å². The molecule has 0 spiro atoms.